The number of carbonyl (C=O) groups is 2. The summed E-state index contributed by atoms with van der Waals surface area (Å²) in [6.07, 6.45) is 1.16. The van der Waals surface area contributed by atoms with E-state index in [1.165, 1.54) is 0 Å². The first kappa shape index (κ1) is 26.3. The van der Waals surface area contributed by atoms with Gasteiger partial charge in [0, 0.05) is 19.4 Å². The van der Waals surface area contributed by atoms with Gasteiger partial charge in [-0.15, -0.1) is 0 Å². The molecule has 0 fully saturated rings. The standard InChI is InChI=1S/C28H32N4O4/c1-35-24-15-13-22(18-25(24)36-2)19-30-27(34)23(17-21-11-7-4-8-12-21)31-28(29)32-26(33)16-14-20-9-5-3-6-10-20/h3-13,15,18,23H,14,16-17,19H2,1-2H3,(H,30,34)(H3,29,31,32,33)/t23-/m1/s1. The Morgan fingerprint density at radius 3 is 2.11 bits per heavy atom. The van der Waals surface area contributed by atoms with Gasteiger partial charge in [0.25, 0.3) is 0 Å². The Labute approximate surface area is 211 Å². The highest BCUT2D eigenvalue weighted by atomic mass is 16.5. The van der Waals surface area contributed by atoms with Gasteiger partial charge >= 0.3 is 0 Å². The zero-order valence-corrected chi connectivity index (χ0v) is 20.5. The number of nitrogens with one attached hydrogen (secondary N) is 4. The molecule has 1 atom stereocenters. The predicted molar refractivity (Wildman–Crippen MR) is 139 cm³/mol. The summed E-state index contributed by atoms with van der Waals surface area (Å²) < 4.78 is 10.6. The van der Waals surface area contributed by atoms with Crippen molar-refractivity contribution in [1.29, 1.82) is 5.41 Å². The number of hydrogen-bond donors (Lipinski definition) is 4. The molecule has 0 bridgehead atoms. The lowest BCUT2D eigenvalue weighted by atomic mass is 10.1. The summed E-state index contributed by atoms with van der Waals surface area (Å²) in [5.74, 6) is 0.378. The molecule has 0 aliphatic carbocycles. The van der Waals surface area contributed by atoms with Gasteiger partial charge < -0.3 is 20.1 Å². The number of ether oxygens (including phenoxy) is 2. The minimum Gasteiger partial charge on any atom is -0.493 e. The summed E-state index contributed by atoms with van der Waals surface area (Å²) in [6.45, 7) is 0.267. The molecular formula is C28H32N4O4. The average molecular weight is 489 g/mol. The van der Waals surface area contributed by atoms with Gasteiger partial charge in [-0.1, -0.05) is 66.7 Å². The van der Waals surface area contributed by atoms with Crippen LogP contribution in [0.3, 0.4) is 0 Å². The van der Waals surface area contributed by atoms with Crippen molar-refractivity contribution < 1.29 is 19.1 Å². The number of hydrogen-bond acceptors (Lipinski definition) is 5. The highest BCUT2D eigenvalue weighted by Gasteiger charge is 2.21. The molecule has 0 unspecified atom stereocenters. The van der Waals surface area contributed by atoms with Gasteiger partial charge in [-0.05, 0) is 35.2 Å². The van der Waals surface area contributed by atoms with Crippen molar-refractivity contribution in [2.45, 2.75) is 31.8 Å². The number of amides is 2. The molecule has 4 N–H and O–H groups in total. The Morgan fingerprint density at radius 2 is 1.47 bits per heavy atom. The SMILES string of the molecule is COc1ccc(CNC(=O)[C@@H](Cc2ccccc2)NC(=N)NC(=O)CCc2ccccc2)cc1OC. The quantitative estimate of drug-likeness (QED) is 0.245. The molecule has 36 heavy (non-hydrogen) atoms. The predicted octanol–water partition coefficient (Wildman–Crippen LogP) is 3.20. The Kier molecular flexibility index (Phi) is 9.88. The molecule has 8 heteroatoms. The second-order valence-corrected chi connectivity index (χ2v) is 8.20. The smallest absolute Gasteiger partial charge is 0.243 e. The summed E-state index contributed by atoms with van der Waals surface area (Å²) in [5.41, 5.74) is 2.81. The molecule has 188 valence electrons. The minimum atomic E-state index is -0.755. The lowest BCUT2D eigenvalue weighted by molar-refractivity contribution is -0.123. The number of rotatable bonds is 11. The topological polar surface area (TPSA) is 113 Å². The molecule has 0 spiro atoms. The zero-order valence-electron chi connectivity index (χ0n) is 20.5. The fraction of sp³-hybridized carbons (Fsp3) is 0.250. The van der Waals surface area contributed by atoms with E-state index in [9.17, 15) is 9.59 Å². The molecule has 0 aromatic heterocycles. The van der Waals surface area contributed by atoms with E-state index in [0.717, 1.165) is 16.7 Å². The maximum atomic E-state index is 13.1. The van der Waals surface area contributed by atoms with Crippen molar-refractivity contribution in [2.75, 3.05) is 14.2 Å². The van der Waals surface area contributed by atoms with Crippen LogP contribution >= 0.6 is 0 Å². The van der Waals surface area contributed by atoms with Gasteiger partial charge in [0.05, 0.1) is 14.2 Å². The van der Waals surface area contributed by atoms with E-state index in [1.807, 2.05) is 66.7 Å². The van der Waals surface area contributed by atoms with Crippen LogP contribution in [-0.2, 0) is 29.0 Å². The third-order valence-electron chi connectivity index (χ3n) is 5.58. The van der Waals surface area contributed by atoms with Crippen molar-refractivity contribution in [1.82, 2.24) is 16.0 Å². The van der Waals surface area contributed by atoms with Crippen LogP contribution in [-0.4, -0.2) is 38.0 Å². The monoisotopic (exact) mass is 488 g/mol. The fourth-order valence-electron chi connectivity index (χ4n) is 3.68. The normalized spacial score (nSPS) is 11.2. The molecule has 3 aromatic carbocycles. The van der Waals surface area contributed by atoms with Gasteiger partial charge in [-0.2, -0.15) is 0 Å². The van der Waals surface area contributed by atoms with Crippen molar-refractivity contribution in [2.24, 2.45) is 0 Å². The molecule has 0 saturated heterocycles. The van der Waals surface area contributed by atoms with Crippen molar-refractivity contribution >= 4 is 17.8 Å². The van der Waals surface area contributed by atoms with Gasteiger partial charge in [0.2, 0.25) is 11.8 Å². The molecular weight excluding hydrogens is 456 g/mol. The molecule has 0 aliphatic rings. The van der Waals surface area contributed by atoms with E-state index in [0.29, 0.717) is 24.3 Å². The molecule has 3 aromatic rings. The van der Waals surface area contributed by atoms with Crippen molar-refractivity contribution in [3.63, 3.8) is 0 Å². The second-order valence-electron chi connectivity index (χ2n) is 8.20. The second kappa shape index (κ2) is 13.5. The van der Waals surface area contributed by atoms with Crippen LogP contribution in [0.1, 0.15) is 23.1 Å². The highest BCUT2D eigenvalue weighted by Crippen LogP contribution is 2.27. The first-order chi connectivity index (χ1) is 17.5. The van der Waals surface area contributed by atoms with Crippen LogP contribution in [0.15, 0.2) is 78.9 Å². The first-order valence-corrected chi connectivity index (χ1v) is 11.7. The molecule has 0 saturated carbocycles. The van der Waals surface area contributed by atoms with E-state index < -0.39 is 6.04 Å². The van der Waals surface area contributed by atoms with Crippen LogP contribution in [0.2, 0.25) is 0 Å². The summed E-state index contributed by atoms with van der Waals surface area (Å²) in [5, 5.41) is 16.6. The minimum absolute atomic E-state index is 0.213. The Bertz CT molecular complexity index is 1150. The number of aryl methyl sites for hydroxylation is 1. The van der Waals surface area contributed by atoms with Gasteiger partial charge in [0.1, 0.15) is 6.04 Å². The molecule has 0 heterocycles. The first-order valence-electron chi connectivity index (χ1n) is 11.7. The van der Waals surface area contributed by atoms with E-state index in [1.54, 1.807) is 26.4 Å². The number of methoxy groups -OCH3 is 2. The lowest BCUT2D eigenvalue weighted by Crippen LogP contribution is -2.52. The molecule has 3 rings (SSSR count). The third kappa shape index (κ3) is 8.16. The van der Waals surface area contributed by atoms with Crippen molar-refractivity contribution in [3.05, 3.63) is 95.6 Å². The van der Waals surface area contributed by atoms with Crippen LogP contribution in [0.5, 0.6) is 11.5 Å². The number of benzene rings is 3. The Morgan fingerprint density at radius 1 is 0.833 bits per heavy atom. The van der Waals surface area contributed by atoms with Crippen LogP contribution in [0.4, 0.5) is 0 Å². The van der Waals surface area contributed by atoms with Crippen LogP contribution < -0.4 is 25.4 Å². The van der Waals surface area contributed by atoms with E-state index in [4.69, 9.17) is 14.9 Å². The van der Waals surface area contributed by atoms with E-state index in [-0.39, 0.29) is 30.7 Å². The molecule has 0 radical (unpaired) electrons. The lowest BCUT2D eigenvalue weighted by Gasteiger charge is -2.20. The maximum absolute atomic E-state index is 13.1. The maximum Gasteiger partial charge on any atom is 0.243 e. The van der Waals surface area contributed by atoms with Crippen molar-refractivity contribution in [3.8, 4) is 11.5 Å². The summed E-state index contributed by atoms with van der Waals surface area (Å²) in [4.78, 5) is 25.4. The van der Waals surface area contributed by atoms with Gasteiger partial charge in [-0.25, -0.2) is 0 Å². The summed E-state index contributed by atoms with van der Waals surface area (Å²) >= 11 is 0. The van der Waals surface area contributed by atoms with E-state index >= 15 is 0 Å². The van der Waals surface area contributed by atoms with Gasteiger partial charge in [-0.3, -0.25) is 20.3 Å². The number of carbonyl (C=O) groups excluding carboxylic acids is 2. The Balaban J connectivity index is 1.60. The highest BCUT2D eigenvalue weighted by molar-refractivity contribution is 5.97. The Hall–Kier alpha value is -4.33. The summed E-state index contributed by atoms with van der Waals surface area (Å²) in [7, 11) is 3.12. The molecule has 8 nitrogen and oxygen atoms in total. The zero-order chi connectivity index (χ0) is 25.8. The van der Waals surface area contributed by atoms with E-state index in [2.05, 4.69) is 16.0 Å². The number of guanidine groups is 1. The summed E-state index contributed by atoms with van der Waals surface area (Å²) in [6, 6.07) is 23.9. The molecule has 0 aliphatic heterocycles. The third-order valence-corrected chi connectivity index (χ3v) is 5.58. The fourth-order valence-corrected chi connectivity index (χ4v) is 3.68. The largest absolute Gasteiger partial charge is 0.493 e. The van der Waals surface area contributed by atoms with Crippen LogP contribution in [0, 0.1) is 5.41 Å². The van der Waals surface area contributed by atoms with Crippen LogP contribution in [0.25, 0.3) is 0 Å². The molecule has 2 amide bonds. The van der Waals surface area contributed by atoms with Gasteiger partial charge in [0.15, 0.2) is 17.5 Å². The average Bonchev–Trinajstić information content (AvgIpc) is 2.91.